The fourth-order valence-electron chi connectivity index (χ4n) is 0.945. The molecule has 92 valence electrons. The van der Waals surface area contributed by atoms with Gasteiger partial charge in [0.05, 0.1) is 0 Å². The van der Waals surface area contributed by atoms with E-state index in [1.807, 2.05) is 0 Å². The summed E-state index contributed by atoms with van der Waals surface area (Å²) in [6.45, 7) is 3.14. The second-order valence-corrected chi connectivity index (χ2v) is 3.58. The predicted molar refractivity (Wildman–Crippen MR) is 56.7 cm³/mol. The normalized spacial score (nSPS) is 13.6. The average molecular weight is 231 g/mol. The maximum atomic E-state index is 11.2. The second-order valence-electron chi connectivity index (χ2n) is 3.58. The summed E-state index contributed by atoms with van der Waals surface area (Å²) in [7, 11) is 0. The summed E-state index contributed by atoms with van der Waals surface area (Å²) in [4.78, 5) is 32.1. The highest BCUT2D eigenvalue weighted by atomic mass is 16.4. The quantitative estimate of drug-likeness (QED) is 0.488. The van der Waals surface area contributed by atoms with E-state index in [1.54, 1.807) is 6.92 Å². The molecular formula is C9H17N3O4. The van der Waals surface area contributed by atoms with E-state index in [-0.39, 0.29) is 12.5 Å². The van der Waals surface area contributed by atoms with Crippen LogP contribution in [0.15, 0.2) is 0 Å². The Balaban J connectivity index is 3.86. The number of hydrogen-bond donors (Lipinski definition) is 4. The average Bonchev–Trinajstić information content (AvgIpc) is 2.14. The lowest BCUT2D eigenvalue weighted by atomic mass is 10.2. The van der Waals surface area contributed by atoms with E-state index in [2.05, 4.69) is 10.6 Å². The standard InChI is InChI=1S/C9H17N3O4/c1-5(3-4-7(13)14)11-9(16)12-6(2)8(10)15/h5-6H,3-4H2,1-2H3,(H2,10,15)(H,13,14)(H2,11,12,16). The van der Waals surface area contributed by atoms with Gasteiger partial charge in [0, 0.05) is 12.5 Å². The smallest absolute Gasteiger partial charge is 0.315 e. The molecule has 0 aromatic heterocycles. The van der Waals surface area contributed by atoms with Gasteiger partial charge in [-0.2, -0.15) is 0 Å². The zero-order valence-electron chi connectivity index (χ0n) is 9.32. The molecule has 7 heteroatoms. The molecule has 3 amide bonds. The van der Waals surface area contributed by atoms with Gasteiger partial charge in [0.1, 0.15) is 6.04 Å². The van der Waals surface area contributed by atoms with Gasteiger partial charge >= 0.3 is 12.0 Å². The largest absolute Gasteiger partial charge is 0.481 e. The summed E-state index contributed by atoms with van der Waals surface area (Å²) in [5.74, 6) is -1.55. The maximum absolute atomic E-state index is 11.2. The van der Waals surface area contributed by atoms with Gasteiger partial charge < -0.3 is 21.5 Å². The number of carboxylic acid groups (broad SMARTS) is 1. The van der Waals surface area contributed by atoms with E-state index in [4.69, 9.17) is 10.8 Å². The van der Waals surface area contributed by atoms with Crippen molar-refractivity contribution in [3.8, 4) is 0 Å². The van der Waals surface area contributed by atoms with Gasteiger partial charge in [-0.1, -0.05) is 0 Å². The van der Waals surface area contributed by atoms with Crippen LogP contribution in [0.4, 0.5) is 4.79 Å². The van der Waals surface area contributed by atoms with Crippen LogP contribution in [0.25, 0.3) is 0 Å². The number of nitrogens with two attached hydrogens (primary N) is 1. The molecule has 0 aromatic carbocycles. The minimum absolute atomic E-state index is 0.0210. The van der Waals surface area contributed by atoms with Crippen molar-refractivity contribution < 1.29 is 19.5 Å². The molecule has 2 unspecified atom stereocenters. The summed E-state index contributed by atoms with van der Waals surface area (Å²) in [6.07, 6.45) is 0.306. The topological polar surface area (TPSA) is 122 Å². The van der Waals surface area contributed by atoms with E-state index < -0.39 is 23.9 Å². The van der Waals surface area contributed by atoms with Gasteiger partial charge in [0.25, 0.3) is 0 Å². The lowest BCUT2D eigenvalue weighted by molar-refractivity contribution is -0.137. The van der Waals surface area contributed by atoms with Crippen LogP contribution in [0.2, 0.25) is 0 Å². The van der Waals surface area contributed by atoms with Crippen LogP contribution in [0.3, 0.4) is 0 Å². The first-order chi connectivity index (χ1) is 7.32. The van der Waals surface area contributed by atoms with Crippen LogP contribution in [0.1, 0.15) is 26.7 Å². The van der Waals surface area contributed by atoms with E-state index in [0.29, 0.717) is 6.42 Å². The third-order valence-electron chi connectivity index (χ3n) is 1.94. The van der Waals surface area contributed by atoms with Gasteiger partial charge in [-0.25, -0.2) is 4.79 Å². The molecule has 0 radical (unpaired) electrons. The Morgan fingerprint density at radius 1 is 1.25 bits per heavy atom. The van der Waals surface area contributed by atoms with Crippen LogP contribution in [0, 0.1) is 0 Å². The highest BCUT2D eigenvalue weighted by Crippen LogP contribution is 1.96. The second kappa shape index (κ2) is 6.65. The number of primary amides is 1. The summed E-state index contributed by atoms with van der Waals surface area (Å²) >= 11 is 0. The fourth-order valence-corrected chi connectivity index (χ4v) is 0.945. The van der Waals surface area contributed by atoms with Gasteiger partial charge in [-0.15, -0.1) is 0 Å². The van der Waals surface area contributed by atoms with E-state index >= 15 is 0 Å². The van der Waals surface area contributed by atoms with E-state index in [0.717, 1.165) is 0 Å². The first-order valence-electron chi connectivity index (χ1n) is 4.91. The third kappa shape index (κ3) is 6.63. The van der Waals surface area contributed by atoms with Crippen molar-refractivity contribution >= 4 is 17.9 Å². The number of urea groups is 1. The molecule has 0 spiro atoms. The van der Waals surface area contributed by atoms with Crippen LogP contribution in [-0.4, -0.2) is 35.1 Å². The summed E-state index contributed by atoms with van der Waals surface area (Å²) in [5.41, 5.74) is 4.95. The van der Waals surface area contributed by atoms with Crippen LogP contribution < -0.4 is 16.4 Å². The Bertz CT molecular complexity index is 280. The summed E-state index contributed by atoms with van der Waals surface area (Å²) in [6, 6.07) is -1.58. The molecule has 0 aliphatic heterocycles. The van der Waals surface area contributed by atoms with Crippen molar-refractivity contribution in [3.05, 3.63) is 0 Å². The van der Waals surface area contributed by atoms with Gasteiger partial charge in [0.15, 0.2) is 0 Å². The highest BCUT2D eigenvalue weighted by molar-refractivity contribution is 5.85. The molecule has 0 heterocycles. The predicted octanol–water partition coefficient (Wildman–Crippen LogP) is -0.587. The summed E-state index contributed by atoms with van der Waals surface area (Å²) in [5, 5.41) is 13.3. The molecule has 7 nitrogen and oxygen atoms in total. The first-order valence-corrected chi connectivity index (χ1v) is 4.91. The Morgan fingerprint density at radius 2 is 1.81 bits per heavy atom. The van der Waals surface area contributed by atoms with Crippen molar-refractivity contribution in [2.75, 3.05) is 0 Å². The number of hydrogen-bond acceptors (Lipinski definition) is 3. The van der Waals surface area contributed by atoms with Gasteiger partial charge in [0.2, 0.25) is 5.91 Å². The van der Waals surface area contributed by atoms with Crippen molar-refractivity contribution in [2.24, 2.45) is 5.73 Å². The van der Waals surface area contributed by atoms with Crippen LogP contribution in [0.5, 0.6) is 0 Å². The number of amides is 3. The number of nitrogens with one attached hydrogen (secondary N) is 2. The lowest BCUT2D eigenvalue weighted by Crippen LogP contribution is -2.49. The molecule has 0 aromatic rings. The number of carbonyl (C=O) groups is 3. The molecule has 0 rings (SSSR count). The molecule has 0 aliphatic carbocycles. The molecule has 0 bridgehead atoms. The maximum Gasteiger partial charge on any atom is 0.315 e. The van der Waals surface area contributed by atoms with E-state index in [1.165, 1.54) is 6.92 Å². The Morgan fingerprint density at radius 3 is 2.25 bits per heavy atom. The molecule has 0 aliphatic rings. The fraction of sp³-hybridized carbons (Fsp3) is 0.667. The molecule has 5 N–H and O–H groups in total. The molecule has 0 fully saturated rings. The molecule has 2 atom stereocenters. The number of rotatable bonds is 6. The number of carboxylic acids is 1. The number of carbonyl (C=O) groups excluding carboxylic acids is 2. The van der Waals surface area contributed by atoms with Crippen molar-refractivity contribution in [1.82, 2.24) is 10.6 Å². The lowest BCUT2D eigenvalue weighted by Gasteiger charge is -2.15. The summed E-state index contributed by atoms with van der Waals surface area (Å²) < 4.78 is 0. The minimum Gasteiger partial charge on any atom is -0.481 e. The Kier molecular flexibility index (Phi) is 5.91. The molecule has 16 heavy (non-hydrogen) atoms. The molecule has 0 saturated heterocycles. The van der Waals surface area contributed by atoms with Crippen molar-refractivity contribution in [1.29, 1.82) is 0 Å². The molecule has 0 saturated carbocycles. The van der Waals surface area contributed by atoms with Crippen molar-refractivity contribution in [3.63, 3.8) is 0 Å². The zero-order chi connectivity index (χ0) is 12.7. The number of aliphatic carboxylic acids is 1. The Hall–Kier alpha value is -1.79. The zero-order valence-corrected chi connectivity index (χ0v) is 9.32. The highest BCUT2D eigenvalue weighted by Gasteiger charge is 2.14. The first kappa shape index (κ1) is 14.2. The Labute approximate surface area is 93.4 Å². The van der Waals surface area contributed by atoms with Gasteiger partial charge in [-0.05, 0) is 20.3 Å². The van der Waals surface area contributed by atoms with Crippen molar-refractivity contribution in [2.45, 2.75) is 38.8 Å². The van der Waals surface area contributed by atoms with Gasteiger partial charge in [-0.3, -0.25) is 9.59 Å². The third-order valence-corrected chi connectivity index (χ3v) is 1.94. The minimum atomic E-state index is -0.917. The molecular weight excluding hydrogens is 214 g/mol. The monoisotopic (exact) mass is 231 g/mol. The van der Waals surface area contributed by atoms with Crippen LogP contribution >= 0.6 is 0 Å². The van der Waals surface area contributed by atoms with E-state index in [9.17, 15) is 14.4 Å². The van der Waals surface area contributed by atoms with Crippen LogP contribution in [-0.2, 0) is 9.59 Å². The SMILES string of the molecule is CC(CCC(=O)O)NC(=O)NC(C)C(N)=O.